The van der Waals surface area contributed by atoms with Crippen LogP contribution in [0.15, 0.2) is 29.6 Å². The summed E-state index contributed by atoms with van der Waals surface area (Å²) in [6, 6.07) is 7.10. The molecule has 0 saturated heterocycles. The third kappa shape index (κ3) is 3.29. The average molecular weight is 284 g/mol. The molecule has 1 heterocycles. The molecule has 0 radical (unpaired) electrons. The predicted octanol–water partition coefficient (Wildman–Crippen LogP) is 4.64. The van der Waals surface area contributed by atoms with Crippen molar-refractivity contribution in [2.24, 2.45) is 0 Å². The van der Waals surface area contributed by atoms with Gasteiger partial charge in [-0.15, -0.1) is 11.3 Å². The van der Waals surface area contributed by atoms with Crippen molar-refractivity contribution in [1.82, 2.24) is 0 Å². The summed E-state index contributed by atoms with van der Waals surface area (Å²) in [6.07, 6.45) is 0.137. The smallest absolute Gasteiger partial charge is 0.303 e. The van der Waals surface area contributed by atoms with Crippen molar-refractivity contribution in [2.45, 2.75) is 31.6 Å². The lowest BCUT2D eigenvalue weighted by Gasteiger charge is -2.15. The highest BCUT2D eigenvalue weighted by Gasteiger charge is 2.33. The number of carboxylic acid groups (broad SMARTS) is 1. The zero-order valence-corrected chi connectivity index (χ0v) is 11.1. The van der Waals surface area contributed by atoms with Crippen LogP contribution < -0.4 is 0 Å². The summed E-state index contributed by atoms with van der Waals surface area (Å²) >= 11 is 1.31. The van der Waals surface area contributed by atoms with E-state index in [0.29, 0.717) is 5.39 Å². The average Bonchev–Trinajstić information content (AvgIpc) is 2.79. The molecule has 2 aromatic rings. The van der Waals surface area contributed by atoms with Crippen LogP contribution in [0.1, 0.15) is 31.2 Å². The van der Waals surface area contributed by atoms with Gasteiger partial charge in [0.25, 0.3) is 5.92 Å². The number of unbranched alkanes of at least 4 members (excludes halogenated alkanes) is 1. The highest BCUT2D eigenvalue weighted by Crippen LogP contribution is 2.40. The van der Waals surface area contributed by atoms with E-state index in [-0.39, 0.29) is 31.2 Å². The number of hydrogen-bond donors (Lipinski definition) is 1. The molecular weight excluding hydrogens is 270 g/mol. The standard InChI is InChI=1S/C14H14F2O2S/c15-14(16,8-4-3-7-13(17)18)11-9-19-12-6-2-1-5-10(11)12/h1-2,5-6,9H,3-4,7-8H2,(H,17,18). The number of fused-ring (bicyclic) bond motifs is 1. The number of carboxylic acids is 1. The van der Waals surface area contributed by atoms with Gasteiger partial charge in [0.05, 0.1) is 0 Å². The normalized spacial score (nSPS) is 11.9. The molecule has 0 aliphatic heterocycles. The van der Waals surface area contributed by atoms with E-state index in [9.17, 15) is 13.6 Å². The summed E-state index contributed by atoms with van der Waals surface area (Å²) in [5.74, 6) is -3.83. The van der Waals surface area contributed by atoms with Gasteiger partial charge in [0.1, 0.15) is 0 Å². The van der Waals surface area contributed by atoms with Crippen LogP contribution in [-0.4, -0.2) is 11.1 Å². The zero-order chi connectivity index (χ0) is 13.9. The molecule has 0 fully saturated rings. The lowest BCUT2D eigenvalue weighted by Crippen LogP contribution is -2.12. The Labute approximate surface area is 113 Å². The van der Waals surface area contributed by atoms with Gasteiger partial charge in [0.15, 0.2) is 0 Å². The minimum atomic E-state index is -2.89. The van der Waals surface area contributed by atoms with E-state index < -0.39 is 11.9 Å². The molecule has 1 aromatic carbocycles. The topological polar surface area (TPSA) is 37.3 Å². The second-order valence-corrected chi connectivity index (χ2v) is 5.36. The van der Waals surface area contributed by atoms with Crippen molar-refractivity contribution in [1.29, 1.82) is 0 Å². The Morgan fingerprint density at radius 2 is 2.00 bits per heavy atom. The molecule has 102 valence electrons. The molecule has 0 aliphatic carbocycles. The number of benzene rings is 1. The van der Waals surface area contributed by atoms with Gasteiger partial charge in [0, 0.05) is 33.9 Å². The number of carbonyl (C=O) groups is 1. The summed E-state index contributed by atoms with van der Waals surface area (Å²) in [4.78, 5) is 10.3. The fourth-order valence-electron chi connectivity index (χ4n) is 2.02. The summed E-state index contributed by atoms with van der Waals surface area (Å²) in [5.41, 5.74) is 0.0587. The van der Waals surface area contributed by atoms with E-state index in [1.807, 2.05) is 12.1 Å². The monoisotopic (exact) mass is 284 g/mol. The van der Waals surface area contributed by atoms with Crippen LogP contribution in [0.2, 0.25) is 0 Å². The zero-order valence-electron chi connectivity index (χ0n) is 10.2. The molecule has 5 heteroatoms. The van der Waals surface area contributed by atoms with Gasteiger partial charge in [-0.2, -0.15) is 0 Å². The van der Waals surface area contributed by atoms with E-state index in [1.54, 1.807) is 12.1 Å². The van der Waals surface area contributed by atoms with Crippen molar-refractivity contribution in [3.8, 4) is 0 Å². The summed E-state index contributed by atoms with van der Waals surface area (Å²) in [5, 5.41) is 10.6. The second-order valence-electron chi connectivity index (χ2n) is 4.45. The first kappa shape index (κ1) is 13.9. The number of thiophene rings is 1. The molecule has 0 unspecified atom stereocenters. The van der Waals surface area contributed by atoms with Crippen LogP contribution in [0, 0.1) is 0 Å². The minimum absolute atomic E-state index is 0.0551. The van der Waals surface area contributed by atoms with E-state index in [2.05, 4.69) is 0 Å². The van der Waals surface area contributed by atoms with Crippen molar-refractivity contribution >= 4 is 27.4 Å². The number of hydrogen-bond acceptors (Lipinski definition) is 2. The minimum Gasteiger partial charge on any atom is -0.481 e. The molecule has 2 rings (SSSR count). The maximum absolute atomic E-state index is 14.1. The maximum Gasteiger partial charge on any atom is 0.303 e. The molecular formula is C14H14F2O2S. The van der Waals surface area contributed by atoms with Crippen LogP contribution in [0.3, 0.4) is 0 Å². The van der Waals surface area contributed by atoms with E-state index >= 15 is 0 Å². The van der Waals surface area contributed by atoms with Crippen LogP contribution in [0.5, 0.6) is 0 Å². The molecule has 19 heavy (non-hydrogen) atoms. The molecule has 2 nitrogen and oxygen atoms in total. The molecule has 0 atom stereocenters. The van der Waals surface area contributed by atoms with Crippen molar-refractivity contribution < 1.29 is 18.7 Å². The SMILES string of the molecule is O=C(O)CCCCC(F)(F)c1csc2ccccc12. The summed E-state index contributed by atoms with van der Waals surface area (Å²) in [7, 11) is 0. The molecule has 0 amide bonds. The first-order valence-corrected chi connectivity index (χ1v) is 6.95. The highest BCUT2D eigenvalue weighted by atomic mass is 32.1. The van der Waals surface area contributed by atoms with E-state index in [0.717, 1.165) is 4.70 Å². The van der Waals surface area contributed by atoms with Crippen molar-refractivity contribution in [3.05, 3.63) is 35.2 Å². The lowest BCUT2D eigenvalue weighted by molar-refractivity contribution is -0.137. The van der Waals surface area contributed by atoms with Gasteiger partial charge in [-0.1, -0.05) is 18.2 Å². The van der Waals surface area contributed by atoms with Crippen molar-refractivity contribution in [2.75, 3.05) is 0 Å². The quantitative estimate of drug-likeness (QED) is 0.785. The molecule has 1 aromatic heterocycles. The largest absolute Gasteiger partial charge is 0.481 e. The Balaban J connectivity index is 2.08. The molecule has 0 aliphatic rings. The third-order valence-electron chi connectivity index (χ3n) is 3.01. The maximum atomic E-state index is 14.1. The Morgan fingerprint density at radius 3 is 2.74 bits per heavy atom. The van der Waals surface area contributed by atoms with Gasteiger partial charge in [0.2, 0.25) is 0 Å². The second kappa shape index (κ2) is 5.65. The number of aliphatic carboxylic acids is 1. The van der Waals surface area contributed by atoms with Gasteiger partial charge >= 0.3 is 5.97 Å². The van der Waals surface area contributed by atoms with Gasteiger partial charge in [-0.3, -0.25) is 4.79 Å². The van der Waals surface area contributed by atoms with Gasteiger partial charge in [-0.05, 0) is 18.9 Å². The first-order valence-electron chi connectivity index (χ1n) is 6.07. The first-order chi connectivity index (χ1) is 9.00. The van der Waals surface area contributed by atoms with Gasteiger partial charge in [-0.25, -0.2) is 8.78 Å². The van der Waals surface area contributed by atoms with Crippen molar-refractivity contribution in [3.63, 3.8) is 0 Å². The van der Waals surface area contributed by atoms with Crippen LogP contribution >= 0.6 is 11.3 Å². The third-order valence-corrected chi connectivity index (χ3v) is 3.97. The van der Waals surface area contributed by atoms with Gasteiger partial charge < -0.3 is 5.11 Å². The molecule has 0 spiro atoms. The summed E-state index contributed by atoms with van der Waals surface area (Å²) < 4.78 is 29.1. The highest BCUT2D eigenvalue weighted by molar-refractivity contribution is 7.17. The fraction of sp³-hybridized carbons (Fsp3) is 0.357. The van der Waals surface area contributed by atoms with Crippen LogP contribution in [0.4, 0.5) is 8.78 Å². The Morgan fingerprint density at radius 1 is 1.26 bits per heavy atom. The van der Waals surface area contributed by atoms with Crippen LogP contribution in [0.25, 0.3) is 10.1 Å². The Bertz CT molecular complexity index is 578. The van der Waals surface area contributed by atoms with Crippen LogP contribution in [-0.2, 0) is 10.7 Å². The molecule has 0 saturated carbocycles. The molecule has 1 N–H and O–H groups in total. The molecule has 0 bridgehead atoms. The Kier molecular flexibility index (Phi) is 4.14. The number of rotatable bonds is 6. The number of halogens is 2. The van der Waals surface area contributed by atoms with E-state index in [1.165, 1.54) is 16.7 Å². The predicted molar refractivity (Wildman–Crippen MR) is 71.8 cm³/mol. The fourth-order valence-corrected chi connectivity index (χ4v) is 3.03. The van der Waals surface area contributed by atoms with E-state index in [4.69, 9.17) is 5.11 Å². The Hall–Kier alpha value is -1.49. The summed E-state index contributed by atoms with van der Waals surface area (Å²) in [6.45, 7) is 0. The number of alkyl halides is 2. The lowest BCUT2D eigenvalue weighted by atomic mass is 10.0.